The molecule has 0 bridgehead atoms. The summed E-state index contributed by atoms with van der Waals surface area (Å²) in [5.41, 5.74) is 0.851. The normalized spacial score (nSPS) is 20.0. The summed E-state index contributed by atoms with van der Waals surface area (Å²) in [6.45, 7) is 0. The highest BCUT2D eigenvalue weighted by Gasteiger charge is 2.22. The molecule has 0 aliphatic carbocycles. The van der Waals surface area contributed by atoms with Crippen LogP contribution in [0.15, 0.2) is 23.1 Å². The third kappa shape index (κ3) is 1.14. The van der Waals surface area contributed by atoms with E-state index in [1.807, 2.05) is 0 Å². The van der Waals surface area contributed by atoms with Crippen molar-refractivity contribution in [3.05, 3.63) is 29.8 Å². The first kappa shape index (κ1) is 7.80. The summed E-state index contributed by atoms with van der Waals surface area (Å²) in [5, 5.41) is 0. The van der Waals surface area contributed by atoms with Crippen molar-refractivity contribution < 1.29 is 8.42 Å². The summed E-state index contributed by atoms with van der Waals surface area (Å²) in [5.74, 6) is 0.290. The molecule has 1 aliphatic rings. The van der Waals surface area contributed by atoms with E-state index in [1.165, 1.54) is 0 Å². The molecule has 3 heteroatoms. The van der Waals surface area contributed by atoms with Crippen molar-refractivity contribution in [2.45, 2.75) is 17.7 Å². The van der Waals surface area contributed by atoms with Gasteiger partial charge in [-0.1, -0.05) is 12.1 Å². The molecule has 1 aromatic carbocycles. The van der Waals surface area contributed by atoms with E-state index in [-0.39, 0.29) is 5.75 Å². The molecular weight excluding hydrogens is 172 g/mol. The fourth-order valence-corrected chi connectivity index (χ4v) is 3.06. The van der Waals surface area contributed by atoms with Gasteiger partial charge in [-0.15, -0.1) is 0 Å². The van der Waals surface area contributed by atoms with Crippen LogP contribution in [0.4, 0.5) is 0 Å². The van der Waals surface area contributed by atoms with Gasteiger partial charge < -0.3 is 0 Å². The van der Waals surface area contributed by atoms with Crippen molar-refractivity contribution in [1.29, 1.82) is 0 Å². The van der Waals surface area contributed by atoms with Crippen LogP contribution < -0.4 is 0 Å². The smallest absolute Gasteiger partial charge is 0.178 e. The van der Waals surface area contributed by atoms with Crippen LogP contribution in [-0.2, 0) is 16.3 Å². The molecule has 0 fully saturated rings. The molecule has 0 saturated heterocycles. The lowest BCUT2D eigenvalue weighted by atomic mass is 10.1. The highest BCUT2D eigenvalue weighted by Crippen LogP contribution is 2.23. The molecule has 0 aromatic heterocycles. The maximum Gasteiger partial charge on any atom is 0.178 e. The molecule has 1 heterocycles. The Labute approximate surface area is 72.1 Å². The van der Waals surface area contributed by atoms with Gasteiger partial charge in [0, 0.05) is 0 Å². The molecule has 0 unspecified atom stereocenters. The van der Waals surface area contributed by atoms with E-state index in [0.717, 1.165) is 18.4 Å². The SMILES string of the molecule is O=S1(=O)CCCc2[c]cccc21. The third-order valence-corrected chi connectivity index (χ3v) is 3.95. The molecule has 12 heavy (non-hydrogen) atoms. The summed E-state index contributed by atoms with van der Waals surface area (Å²) in [4.78, 5) is 0.483. The van der Waals surface area contributed by atoms with Crippen molar-refractivity contribution in [2.24, 2.45) is 0 Å². The predicted octanol–water partition coefficient (Wildman–Crippen LogP) is 1.21. The molecule has 63 valence electrons. The lowest BCUT2D eigenvalue weighted by Gasteiger charge is -2.14. The minimum atomic E-state index is -2.97. The quantitative estimate of drug-likeness (QED) is 0.602. The Hall–Kier alpha value is -0.830. The van der Waals surface area contributed by atoms with Gasteiger partial charge in [-0.3, -0.25) is 0 Å². The Morgan fingerprint density at radius 1 is 1.42 bits per heavy atom. The number of fused-ring (bicyclic) bond motifs is 1. The van der Waals surface area contributed by atoms with E-state index in [2.05, 4.69) is 6.07 Å². The van der Waals surface area contributed by atoms with Crippen LogP contribution in [0.2, 0.25) is 0 Å². The van der Waals surface area contributed by atoms with Crippen molar-refractivity contribution >= 4 is 9.84 Å². The lowest BCUT2D eigenvalue weighted by Crippen LogP contribution is -2.15. The molecule has 1 aliphatic heterocycles. The summed E-state index contributed by atoms with van der Waals surface area (Å²) in [6, 6.07) is 8.12. The Kier molecular flexibility index (Phi) is 1.68. The second kappa shape index (κ2) is 2.59. The second-order valence-corrected chi connectivity index (χ2v) is 5.01. The van der Waals surface area contributed by atoms with Crippen LogP contribution >= 0.6 is 0 Å². The fraction of sp³-hybridized carbons (Fsp3) is 0.333. The third-order valence-electron chi connectivity index (χ3n) is 2.07. The largest absolute Gasteiger partial charge is 0.224 e. The highest BCUT2D eigenvalue weighted by atomic mass is 32.2. The van der Waals surface area contributed by atoms with Crippen LogP contribution in [-0.4, -0.2) is 14.2 Å². The monoisotopic (exact) mass is 181 g/mol. The minimum Gasteiger partial charge on any atom is -0.224 e. The average Bonchev–Trinajstić information content (AvgIpc) is 2.04. The van der Waals surface area contributed by atoms with Gasteiger partial charge in [-0.25, -0.2) is 8.42 Å². The summed E-state index contributed by atoms with van der Waals surface area (Å²) in [6.07, 6.45) is 1.57. The van der Waals surface area contributed by atoms with Gasteiger partial charge in [0.25, 0.3) is 0 Å². The molecular formula is C9H9O2S. The van der Waals surface area contributed by atoms with E-state index in [0.29, 0.717) is 4.90 Å². The Balaban J connectivity index is 2.67. The fourth-order valence-electron chi connectivity index (χ4n) is 1.49. The predicted molar refractivity (Wildman–Crippen MR) is 45.7 cm³/mol. The molecule has 0 amide bonds. The van der Waals surface area contributed by atoms with E-state index in [9.17, 15) is 8.42 Å². The van der Waals surface area contributed by atoms with Crippen LogP contribution in [0.5, 0.6) is 0 Å². The molecule has 2 nitrogen and oxygen atoms in total. The van der Waals surface area contributed by atoms with E-state index >= 15 is 0 Å². The average molecular weight is 181 g/mol. The Morgan fingerprint density at radius 3 is 3.00 bits per heavy atom. The maximum absolute atomic E-state index is 11.5. The lowest BCUT2D eigenvalue weighted by molar-refractivity contribution is 0.586. The van der Waals surface area contributed by atoms with Crippen molar-refractivity contribution in [3.63, 3.8) is 0 Å². The zero-order valence-electron chi connectivity index (χ0n) is 6.58. The summed E-state index contributed by atoms with van der Waals surface area (Å²) >= 11 is 0. The number of rotatable bonds is 0. The molecule has 0 saturated carbocycles. The molecule has 0 N–H and O–H groups in total. The summed E-state index contributed by atoms with van der Waals surface area (Å²) < 4.78 is 22.9. The van der Waals surface area contributed by atoms with Crippen LogP contribution in [0.3, 0.4) is 0 Å². The van der Waals surface area contributed by atoms with Gasteiger partial charge in [-0.05, 0) is 30.5 Å². The number of aryl methyl sites for hydroxylation is 1. The van der Waals surface area contributed by atoms with Crippen molar-refractivity contribution in [1.82, 2.24) is 0 Å². The Morgan fingerprint density at radius 2 is 2.25 bits per heavy atom. The molecule has 2 rings (SSSR count). The van der Waals surface area contributed by atoms with Gasteiger partial charge >= 0.3 is 0 Å². The summed E-state index contributed by atoms with van der Waals surface area (Å²) in [7, 11) is -2.97. The molecule has 1 radical (unpaired) electrons. The van der Waals surface area contributed by atoms with Crippen LogP contribution in [0, 0.1) is 6.07 Å². The first-order valence-corrected chi connectivity index (χ1v) is 5.58. The number of sulfone groups is 1. The standard InChI is InChI=1S/C9H9O2S/c10-12(11)7-3-5-8-4-1-2-6-9(8)12/h1-2,6H,3,5,7H2. The maximum atomic E-state index is 11.5. The van der Waals surface area contributed by atoms with Gasteiger partial charge in [0.05, 0.1) is 10.6 Å². The van der Waals surface area contributed by atoms with E-state index < -0.39 is 9.84 Å². The van der Waals surface area contributed by atoms with E-state index in [1.54, 1.807) is 18.2 Å². The zero-order valence-corrected chi connectivity index (χ0v) is 7.39. The number of hydrogen-bond donors (Lipinski definition) is 0. The van der Waals surface area contributed by atoms with Gasteiger partial charge in [-0.2, -0.15) is 0 Å². The van der Waals surface area contributed by atoms with Gasteiger partial charge in [0.1, 0.15) is 0 Å². The number of benzene rings is 1. The minimum absolute atomic E-state index is 0.290. The molecule has 1 aromatic rings. The first-order chi connectivity index (χ1) is 5.70. The zero-order chi connectivity index (χ0) is 8.60. The topological polar surface area (TPSA) is 34.1 Å². The second-order valence-electron chi connectivity index (χ2n) is 2.94. The van der Waals surface area contributed by atoms with Crippen molar-refractivity contribution in [2.75, 3.05) is 5.75 Å². The first-order valence-electron chi connectivity index (χ1n) is 3.92. The van der Waals surface area contributed by atoms with E-state index in [4.69, 9.17) is 0 Å². The van der Waals surface area contributed by atoms with Crippen LogP contribution in [0.1, 0.15) is 12.0 Å². The van der Waals surface area contributed by atoms with Crippen molar-refractivity contribution in [3.8, 4) is 0 Å². The number of hydrogen-bond acceptors (Lipinski definition) is 2. The van der Waals surface area contributed by atoms with Gasteiger partial charge in [0.2, 0.25) is 0 Å². The highest BCUT2D eigenvalue weighted by molar-refractivity contribution is 7.91. The molecule has 0 atom stereocenters. The van der Waals surface area contributed by atoms with Crippen LogP contribution in [0.25, 0.3) is 0 Å². The Bertz CT molecular complexity index is 393. The molecule has 0 spiro atoms. The van der Waals surface area contributed by atoms with Gasteiger partial charge in [0.15, 0.2) is 9.84 Å².